The number of aryl methyl sites for hydroxylation is 1. The molecule has 0 radical (unpaired) electrons. The number of carboxylic acids is 1. The summed E-state index contributed by atoms with van der Waals surface area (Å²) in [5.41, 5.74) is 0.0528. The fraction of sp³-hybridized carbons (Fsp3) is 0.364. The van der Waals surface area contributed by atoms with Crippen LogP contribution in [0.4, 0.5) is 5.69 Å². The molecule has 0 aromatic carbocycles. The summed E-state index contributed by atoms with van der Waals surface area (Å²) in [6.07, 6.45) is 1.06. The van der Waals surface area contributed by atoms with Crippen molar-refractivity contribution in [3.8, 4) is 0 Å². The standard InChI is InChI=1S/C11H13N3O5/c1-3-13(6-10(15)16)11(17)9-4-8(14(18)19)5-12-7(9)2/h4-5H,3,6H2,1-2H3,(H,15,16). The van der Waals surface area contributed by atoms with E-state index in [0.717, 1.165) is 17.2 Å². The predicted octanol–water partition coefficient (Wildman–Crippen LogP) is 0.845. The number of aromatic nitrogens is 1. The number of aliphatic carboxylic acids is 1. The van der Waals surface area contributed by atoms with Crippen LogP contribution in [-0.4, -0.2) is 44.9 Å². The van der Waals surface area contributed by atoms with E-state index >= 15 is 0 Å². The largest absolute Gasteiger partial charge is 0.480 e. The summed E-state index contributed by atoms with van der Waals surface area (Å²) in [7, 11) is 0. The highest BCUT2D eigenvalue weighted by Gasteiger charge is 2.21. The number of nitrogens with zero attached hydrogens (tertiary/aromatic N) is 3. The Bertz CT molecular complexity index is 529. The third-order valence-corrected chi connectivity index (χ3v) is 2.51. The molecule has 1 N–H and O–H groups in total. The minimum atomic E-state index is -1.15. The predicted molar refractivity (Wildman–Crippen MR) is 64.8 cm³/mol. The molecular formula is C11H13N3O5. The van der Waals surface area contributed by atoms with Crippen LogP contribution in [-0.2, 0) is 4.79 Å². The zero-order chi connectivity index (χ0) is 14.6. The Labute approximate surface area is 108 Å². The summed E-state index contributed by atoms with van der Waals surface area (Å²) in [6, 6.07) is 1.11. The minimum Gasteiger partial charge on any atom is -0.480 e. The van der Waals surface area contributed by atoms with Crippen LogP contribution < -0.4 is 0 Å². The van der Waals surface area contributed by atoms with E-state index < -0.39 is 23.3 Å². The van der Waals surface area contributed by atoms with E-state index in [-0.39, 0.29) is 17.8 Å². The van der Waals surface area contributed by atoms with Crippen LogP contribution >= 0.6 is 0 Å². The highest BCUT2D eigenvalue weighted by Crippen LogP contribution is 2.16. The Morgan fingerprint density at radius 1 is 1.53 bits per heavy atom. The number of nitro groups is 1. The molecular weight excluding hydrogens is 254 g/mol. The summed E-state index contributed by atoms with van der Waals surface area (Å²) in [6.45, 7) is 2.89. The van der Waals surface area contributed by atoms with Crippen molar-refractivity contribution in [3.63, 3.8) is 0 Å². The molecule has 0 saturated heterocycles. The normalized spacial score (nSPS) is 10.0. The summed E-state index contributed by atoms with van der Waals surface area (Å²) in [4.78, 5) is 37.6. The Hall–Kier alpha value is -2.51. The molecule has 0 spiro atoms. The second kappa shape index (κ2) is 5.89. The molecule has 0 unspecified atom stereocenters. The number of likely N-dealkylation sites (N-methyl/N-ethyl adjacent to an activating group) is 1. The lowest BCUT2D eigenvalue weighted by molar-refractivity contribution is -0.385. The van der Waals surface area contributed by atoms with E-state index in [1.807, 2.05) is 0 Å². The van der Waals surface area contributed by atoms with Gasteiger partial charge in [0.15, 0.2) is 0 Å². The molecule has 1 aromatic rings. The molecule has 0 aliphatic rings. The lowest BCUT2D eigenvalue weighted by Crippen LogP contribution is -2.36. The van der Waals surface area contributed by atoms with Crippen LogP contribution in [0.3, 0.4) is 0 Å². The minimum absolute atomic E-state index is 0.0392. The molecule has 0 aliphatic carbocycles. The lowest BCUT2D eigenvalue weighted by atomic mass is 10.1. The van der Waals surface area contributed by atoms with Gasteiger partial charge in [-0.3, -0.25) is 24.7 Å². The second-order valence-electron chi connectivity index (χ2n) is 3.80. The summed E-state index contributed by atoms with van der Waals surface area (Å²) >= 11 is 0. The first-order valence-corrected chi connectivity index (χ1v) is 5.49. The Morgan fingerprint density at radius 3 is 2.63 bits per heavy atom. The van der Waals surface area contributed by atoms with E-state index in [0.29, 0.717) is 5.69 Å². The van der Waals surface area contributed by atoms with E-state index in [2.05, 4.69) is 4.98 Å². The zero-order valence-electron chi connectivity index (χ0n) is 10.5. The average Bonchev–Trinajstić information content (AvgIpc) is 2.35. The number of carbonyl (C=O) groups is 2. The number of hydrogen-bond donors (Lipinski definition) is 1. The van der Waals surface area contributed by atoms with Gasteiger partial charge >= 0.3 is 5.97 Å². The first-order valence-electron chi connectivity index (χ1n) is 5.49. The SMILES string of the molecule is CCN(CC(=O)O)C(=O)c1cc([N+](=O)[O-])cnc1C. The molecule has 1 amide bonds. The number of carboxylic acid groups (broad SMARTS) is 1. The number of carbonyl (C=O) groups excluding carboxylic acids is 1. The molecule has 0 atom stereocenters. The molecule has 0 saturated carbocycles. The van der Waals surface area contributed by atoms with Crippen LogP contribution in [0.15, 0.2) is 12.3 Å². The van der Waals surface area contributed by atoms with E-state index in [1.54, 1.807) is 6.92 Å². The molecule has 0 bridgehead atoms. The van der Waals surface area contributed by atoms with Gasteiger partial charge in [-0.05, 0) is 13.8 Å². The average molecular weight is 267 g/mol. The quantitative estimate of drug-likeness (QED) is 0.624. The number of pyridine rings is 1. The first kappa shape index (κ1) is 14.6. The molecule has 0 aliphatic heterocycles. The number of hydrogen-bond acceptors (Lipinski definition) is 5. The van der Waals surface area contributed by atoms with Crippen LogP contribution in [0.1, 0.15) is 23.0 Å². The van der Waals surface area contributed by atoms with Crippen molar-refractivity contribution in [2.45, 2.75) is 13.8 Å². The van der Waals surface area contributed by atoms with Crippen molar-refractivity contribution in [3.05, 3.63) is 33.6 Å². The van der Waals surface area contributed by atoms with Crippen LogP contribution in [0.25, 0.3) is 0 Å². The maximum Gasteiger partial charge on any atom is 0.323 e. The number of rotatable bonds is 5. The van der Waals surface area contributed by atoms with Crippen molar-refractivity contribution in [2.24, 2.45) is 0 Å². The summed E-state index contributed by atoms with van der Waals surface area (Å²) in [5, 5.41) is 19.4. The van der Waals surface area contributed by atoms with Crippen LogP contribution in [0.2, 0.25) is 0 Å². The molecule has 0 fully saturated rings. The maximum absolute atomic E-state index is 12.1. The molecule has 1 aromatic heterocycles. The highest BCUT2D eigenvalue weighted by atomic mass is 16.6. The second-order valence-corrected chi connectivity index (χ2v) is 3.80. The molecule has 102 valence electrons. The van der Waals surface area contributed by atoms with Gasteiger partial charge in [-0.25, -0.2) is 0 Å². The lowest BCUT2D eigenvalue weighted by Gasteiger charge is -2.19. The molecule has 1 rings (SSSR count). The van der Waals surface area contributed by atoms with Crippen LogP contribution in [0.5, 0.6) is 0 Å². The first-order chi connectivity index (χ1) is 8.86. The van der Waals surface area contributed by atoms with Gasteiger partial charge in [0, 0.05) is 12.6 Å². The van der Waals surface area contributed by atoms with Gasteiger partial charge in [-0.15, -0.1) is 0 Å². The Morgan fingerprint density at radius 2 is 2.16 bits per heavy atom. The summed E-state index contributed by atoms with van der Waals surface area (Å²) in [5.74, 6) is -1.73. The van der Waals surface area contributed by atoms with Crippen molar-refractivity contribution in [1.82, 2.24) is 9.88 Å². The van der Waals surface area contributed by atoms with E-state index in [4.69, 9.17) is 5.11 Å². The van der Waals surface area contributed by atoms with Gasteiger partial charge < -0.3 is 10.0 Å². The Kier molecular flexibility index (Phi) is 4.51. The third kappa shape index (κ3) is 3.47. The molecule has 8 nitrogen and oxygen atoms in total. The van der Waals surface area contributed by atoms with Crippen molar-refractivity contribution in [1.29, 1.82) is 0 Å². The molecule has 1 heterocycles. The molecule has 8 heteroatoms. The molecule has 19 heavy (non-hydrogen) atoms. The summed E-state index contributed by atoms with van der Waals surface area (Å²) < 4.78 is 0. The third-order valence-electron chi connectivity index (χ3n) is 2.51. The van der Waals surface area contributed by atoms with Crippen molar-refractivity contribution < 1.29 is 19.6 Å². The topological polar surface area (TPSA) is 114 Å². The number of amides is 1. The smallest absolute Gasteiger partial charge is 0.323 e. The maximum atomic E-state index is 12.1. The van der Waals surface area contributed by atoms with Crippen molar-refractivity contribution in [2.75, 3.05) is 13.1 Å². The van der Waals surface area contributed by atoms with Gasteiger partial charge in [0.2, 0.25) is 0 Å². The van der Waals surface area contributed by atoms with Gasteiger partial charge in [-0.1, -0.05) is 0 Å². The van der Waals surface area contributed by atoms with Gasteiger partial charge in [0.25, 0.3) is 11.6 Å². The Balaban J connectivity index is 3.13. The zero-order valence-corrected chi connectivity index (χ0v) is 10.5. The van der Waals surface area contributed by atoms with E-state index in [9.17, 15) is 19.7 Å². The fourth-order valence-corrected chi connectivity index (χ4v) is 1.50. The van der Waals surface area contributed by atoms with Gasteiger partial charge in [-0.2, -0.15) is 0 Å². The van der Waals surface area contributed by atoms with E-state index in [1.165, 1.54) is 6.92 Å². The van der Waals surface area contributed by atoms with Gasteiger partial charge in [0.1, 0.15) is 12.7 Å². The van der Waals surface area contributed by atoms with Gasteiger partial charge in [0.05, 0.1) is 16.2 Å². The van der Waals surface area contributed by atoms with Crippen LogP contribution in [0, 0.1) is 17.0 Å². The fourth-order valence-electron chi connectivity index (χ4n) is 1.50. The monoisotopic (exact) mass is 267 g/mol. The highest BCUT2D eigenvalue weighted by molar-refractivity contribution is 5.97. The van der Waals surface area contributed by atoms with Crippen molar-refractivity contribution >= 4 is 17.6 Å².